The lowest BCUT2D eigenvalue weighted by atomic mass is 10.1. The lowest BCUT2D eigenvalue weighted by Gasteiger charge is -2.28. The van der Waals surface area contributed by atoms with Crippen molar-refractivity contribution >= 4 is 49.9 Å². The number of carbonyl (C=O) groups is 1. The number of hydrogen-bond acceptors (Lipinski definition) is 9. The van der Waals surface area contributed by atoms with E-state index in [0.29, 0.717) is 24.6 Å². The average molecular weight is 528 g/mol. The summed E-state index contributed by atoms with van der Waals surface area (Å²) in [5.41, 5.74) is 7.24. The van der Waals surface area contributed by atoms with Gasteiger partial charge in [-0.1, -0.05) is 12.1 Å². The van der Waals surface area contributed by atoms with Gasteiger partial charge in [0.05, 0.1) is 41.7 Å². The van der Waals surface area contributed by atoms with Gasteiger partial charge in [0.15, 0.2) is 11.6 Å². The predicted molar refractivity (Wildman–Crippen MR) is 146 cm³/mol. The van der Waals surface area contributed by atoms with Crippen LogP contribution in [-0.4, -0.2) is 64.1 Å². The number of anilines is 2. The van der Waals surface area contributed by atoms with Gasteiger partial charge >= 0.3 is 0 Å². The number of carbonyl (C=O) groups excluding carboxylic acids is 1. The molecule has 38 heavy (non-hydrogen) atoms. The third-order valence-corrected chi connectivity index (χ3v) is 8.33. The minimum Gasteiger partial charge on any atom is -0.378 e. The van der Waals surface area contributed by atoms with Gasteiger partial charge in [-0.15, -0.1) is 11.3 Å². The maximum atomic E-state index is 11.8. The molecular weight excluding hydrogens is 502 g/mol. The smallest absolute Gasteiger partial charge is 0.274 e. The Labute approximate surface area is 221 Å². The fourth-order valence-electron chi connectivity index (χ4n) is 5.34. The van der Waals surface area contributed by atoms with Crippen LogP contribution in [0.5, 0.6) is 0 Å². The molecule has 0 unspecified atom stereocenters. The van der Waals surface area contributed by atoms with Crippen molar-refractivity contribution in [1.82, 2.24) is 25.6 Å². The summed E-state index contributed by atoms with van der Waals surface area (Å²) in [4.78, 5) is 27.8. The second-order valence-corrected chi connectivity index (χ2v) is 10.6. The second kappa shape index (κ2) is 9.35. The zero-order chi connectivity index (χ0) is 25.6. The van der Waals surface area contributed by atoms with Gasteiger partial charge in [0.2, 0.25) is 0 Å². The van der Waals surface area contributed by atoms with E-state index in [-0.39, 0.29) is 0 Å². The largest absolute Gasteiger partial charge is 0.378 e. The molecule has 3 N–H and O–H groups in total. The molecule has 5 heterocycles. The highest BCUT2D eigenvalue weighted by Gasteiger charge is 2.24. The third kappa shape index (κ3) is 3.95. The van der Waals surface area contributed by atoms with E-state index < -0.39 is 5.91 Å². The number of hydrogen-bond donors (Lipinski definition) is 3. The van der Waals surface area contributed by atoms with Gasteiger partial charge in [-0.25, -0.2) is 15.4 Å². The highest BCUT2D eigenvalue weighted by atomic mass is 32.1. The van der Waals surface area contributed by atoms with Crippen molar-refractivity contribution in [2.24, 2.45) is 0 Å². The molecular formula is C27H25N7O3S. The van der Waals surface area contributed by atoms with E-state index in [9.17, 15) is 4.79 Å². The standard InChI is InChI=1S/C27H25N7O3S/c35-27(32-36)17-4-5-23-16(12-17)6-7-34(23)15-18-13-22-24(38-18)26(33-8-10-37-11-9-33)30-25(29-22)19-2-1-3-21-20(19)14-28-31-21/h1-5,12-14,36H,6-11,15H2,(H,28,31)(H,32,35). The number of hydroxylamine groups is 1. The Hall–Kier alpha value is -4.06. The van der Waals surface area contributed by atoms with Gasteiger partial charge < -0.3 is 14.5 Å². The van der Waals surface area contributed by atoms with Crippen LogP contribution in [0.4, 0.5) is 11.5 Å². The fourth-order valence-corrected chi connectivity index (χ4v) is 6.47. The minimum atomic E-state index is -0.494. The first-order chi connectivity index (χ1) is 18.7. The number of morpholine rings is 1. The molecule has 2 aliphatic heterocycles. The predicted octanol–water partition coefficient (Wildman–Crippen LogP) is 3.75. The van der Waals surface area contributed by atoms with Gasteiger partial charge in [-0.3, -0.25) is 15.1 Å². The molecule has 1 amide bonds. The van der Waals surface area contributed by atoms with Crippen LogP contribution in [0.3, 0.4) is 0 Å². The molecule has 0 atom stereocenters. The molecule has 3 aromatic heterocycles. The maximum Gasteiger partial charge on any atom is 0.274 e. The first-order valence-electron chi connectivity index (χ1n) is 12.6. The van der Waals surface area contributed by atoms with Crippen LogP contribution < -0.4 is 15.3 Å². The van der Waals surface area contributed by atoms with Gasteiger partial charge in [0.1, 0.15) is 0 Å². The highest BCUT2D eigenvalue weighted by Crippen LogP contribution is 2.38. The van der Waals surface area contributed by atoms with Crippen LogP contribution in [-0.2, 0) is 17.7 Å². The van der Waals surface area contributed by atoms with E-state index in [1.807, 2.05) is 36.5 Å². The molecule has 192 valence electrons. The number of fused-ring (bicyclic) bond motifs is 3. The Kier molecular flexibility index (Phi) is 5.68. The summed E-state index contributed by atoms with van der Waals surface area (Å²) in [6.45, 7) is 4.54. The topological polar surface area (TPSA) is 120 Å². The molecule has 1 fully saturated rings. The van der Waals surface area contributed by atoms with Crippen LogP contribution in [0.2, 0.25) is 0 Å². The summed E-state index contributed by atoms with van der Waals surface area (Å²) < 4.78 is 6.70. The van der Waals surface area contributed by atoms with Gasteiger partial charge in [-0.05, 0) is 42.3 Å². The van der Waals surface area contributed by atoms with Crippen molar-refractivity contribution in [3.63, 3.8) is 0 Å². The molecule has 11 heteroatoms. The van der Waals surface area contributed by atoms with E-state index in [0.717, 1.165) is 76.4 Å². The van der Waals surface area contributed by atoms with Crippen LogP contribution >= 0.6 is 11.3 Å². The zero-order valence-electron chi connectivity index (χ0n) is 20.5. The van der Waals surface area contributed by atoms with E-state index in [4.69, 9.17) is 19.9 Å². The summed E-state index contributed by atoms with van der Waals surface area (Å²) in [7, 11) is 0. The number of nitrogens with one attached hydrogen (secondary N) is 2. The van der Waals surface area contributed by atoms with Crippen molar-refractivity contribution in [1.29, 1.82) is 0 Å². The van der Waals surface area contributed by atoms with Gasteiger partial charge in [-0.2, -0.15) is 5.10 Å². The number of H-pyrrole nitrogens is 1. The monoisotopic (exact) mass is 527 g/mol. The van der Waals surface area contributed by atoms with Crippen LogP contribution in [0.15, 0.2) is 48.7 Å². The van der Waals surface area contributed by atoms with E-state index in [1.165, 1.54) is 4.88 Å². The molecule has 5 aromatic rings. The quantitative estimate of drug-likeness (QED) is 0.234. The van der Waals surface area contributed by atoms with E-state index in [2.05, 4.69) is 26.1 Å². The Bertz CT molecular complexity index is 1670. The summed E-state index contributed by atoms with van der Waals surface area (Å²) in [6.07, 6.45) is 2.68. The number of aromatic nitrogens is 4. The van der Waals surface area contributed by atoms with Crippen molar-refractivity contribution in [2.45, 2.75) is 13.0 Å². The van der Waals surface area contributed by atoms with Crippen LogP contribution in [0.1, 0.15) is 20.8 Å². The Morgan fingerprint density at radius 2 is 2.03 bits per heavy atom. The van der Waals surface area contributed by atoms with Crippen LogP contribution in [0, 0.1) is 0 Å². The zero-order valence-corrected chi connectivity index (χ0v) is 21.3. The summed E-state index contributed by atoms with van der Waals surface area (Å²) >= 11 is 1.74. The Morgan fingerprint density at radius 1 is 1.13 bits per heavy atom. The minimum absolute atomic E-state index is 0.459. The number of amides is 1. The molecule has 0 radical (unpaired) electrons. The maximum absolute atomic E-state index is 11.8. The summed E-state index contributed by atoms with van der Waals surface area (Å²) in [5.74, 6) is 1.15. The molecule has 2 aliphatic rings. The van der Waals surface area contributed by atoms with Crippen molar-refractivity contribution in [3.8, 4) is 11.4 Å². The lowest BCUT2D eigenvalue weighted by molar-refractivity contribution is 0.0706. The first-order valence-corrected chi connectivity index (χ1v) is 13.4. The molecule has 0 bridgehead atoms. The number of nitrogens with zero attached hydrogens (tertiary/aromatic N) is 5. The molecule has 0 saturated carbocycles. The number of thiophene rings is 1. The Morgan fingerprint density at radius 3 is 2.89 bits per heavy atom. The van der Waals surface area contributed by atoms with Crippen LogP contribution in [0.25, 0.3) is 32.5 Å². The number of benzene rings is 2. The van der Waals surface area contributed by atoms with E-state index >= 15 is 0 Å². The van der Waals surface area contributed by atoms with Crippen molar-refractivity contribution in [3.05, 3.63) is 64.7 Å². The molecule has 0 spiro atoms. The van der Waals surface area contributed by atoms with Crippen molar-refractivity contribution in [2.75, 3.05) is 42.6 Å². The highest BCUT2D eigenvalue weighted by molar-refractivity contribution is 7.19. The number of ether oxygens (including phenoxy) is 1. The van der Waals surface area contributed by atoms with Gasteiger partial charge in [0, 0.05) is 46.7 Å². The second-order valence-electron chi connectivity index (χ2n) is 9.49. The molecule has 10 nitrogen and oxygen atoms in total. The van der Waals surface area contributed by atoms with E-state index in [1.54, 1.807) is 22.9 Å². The van der Waals surface area contributed by atoms with Gasteiger partial charge in [0.25, 0.3) is 5.91 Å². The summed E-state index contributed by atoms with van der Waals surface area (Å²) in [5, 5.41) is 17.2. The normalized spacial score (nSPS) is 15.4. The SMILES string of the molecule is O=C(NO)c1ccc2c(c1)CCN2Cc1cc2nc(-c3cccc4[nH]ncc34)nc(N3CCOCC3)c2s1. The first kappa shape index (κ1) is 23.1. The summed E-state index contributed by atoms with van der Waals surface area (Å²) in [6, 6.07) is 13.8. The Balaban J connectivity index is 1.27. The molecule has 1 saturated heterocycles. The molecule has 7 rings (SSSR count). The third-order valence-electron chi connectivity index (χ3n) is 7.22. The fraction of sp³-hybridized carbons (Fsp3) is 0.259. The number of rotatable bonds is 5. The average Bonchev–Trinajstić information content (AvgIpc) is 3.70. The molecule has 0 aliphatic carbocycles. The van der Waals surface area contributed by atoms with Crippen molar-refractivity contribution < 1.29 is 14.7 Å². The number of aromatic amines is 1. The molecule has 2 aromatic carbocycles. The lowest BCUT2D eigenvalue weighted by Crippen LogP contribution is -2.36.